The molecule has 0 saturated carbocycles. The minimum absolute atomic E-state index is 0.0923. The molecule has 0 spiro atoms. The van der Waals surface area contributed by atoms with Gasteiger partial charge in [0.1, 0.15) is 12.6 Å². The molecular weight excluding hydrogens is 498 g/mol. The molecule has 0 aromatic heterocycles. The fourth-order valence-electron chi connectivity index (χ4n) is 4.31. The van der Waals surface area contributed by atoms with Crippen molar-refractivity contribution in [3.63, 3.8) is 0 Å². The molecule has 0 aliphatic heterocycles. The molecule has 202 valence electrons. The summed E-state index contributed by atoms with van der Waals surface area (Å²) >= 11 is 0. The second-order valence-electron chi connectivity index (χ2n) is 9.57. The summed E-state index contributed by atoms with van der Waals surface area (Å²) < 4.78 is 28.7. The molecular formula is C30H37N3O4S. The van der Waals surface area contributed by atoms with E-state index in [1.807, 2.05) is 64.1 Å². The first-order chi connectivity index (χ1) is 18.1. The summed E-state index contributed by atoms with van der Waals surface area (Å²) in [6.45, 7) is 7.31. The molecule has 38 heavy (non-hydrogen) atoms. The highest BCUT2D eigenvalue weighted by Gasteiger charge is 2.33. The third kappa shape index (κ3) is 7.44. The maximum Gasteiger partial charge on any atom is 0.264 e. The highest BCUT2D eigenvalue weighted by Crippen LogP contribution is 2.25. The van der Waals surface area contributed by atoms with Gasteiger partial charge in [-0.1, -0.05) is 67.6 Å². The normalized spacial score (nSPS) is 12.1. The molecule has 0 radical (unpaired) electrons. The lowest BCUT2D eigenvalue weighted by atomic mass is 10.1. The molecule has 1 atom stereocenters. The Kier molecular flexibility index (Phi) is 10.1. The molecule has 0 unspecified atom stereocenters. The molecule has 0 aliphatic rings. The minimum Gasteiger partial charge on any atom is -0.352 e. The summed E-state index contributed by atoms with van der Waals surface area (Å²) in [4.78, 5) is 28.7. The number of nitrogens with zero attached hydrogens (tertiary/aromatic N) is 2. The average molecular weight is 536 g/mol. The first-order valence-electron chi connectivity index (χ1n) is 12.9. The SMILES string of the molecule is CC[C@H](C(=O)NC(C)C)N(CCc1ccccc1)C(=O)CN(c1cccc(C)c1)S(=O)(=O)c1ccccc1. The van der Waals surface area contributed by atoms with Gasteiger partial charge in [-0.25, -0.2) is 8.42 Å². The van der Waals surface area contributed by atoms with Crippen molar-refractivity contribution in [3.05, 3.63) is 96.1 Å². The Labute approximate surface area is 226 Å². The topological polar surface area (TPSA) is 86.8 Å². The monoisotopic (exact) mass is 535 g/mol. The van der Waals surface area contributed by atoms with E-state index in [4.69, 9.17) is 0 Å². The van der Waals surface area contributed by atoms with Crippen molar-refractivity contribution >= 4 is 27.5 Å². The third-order valence-electron chi connectivity index (χ3n) is 6.20. The van der Waals surface area contributed by atoms with Crippen LogP contribution in [0, 0.1) is 6.92 Å². The molecule has 3 aromatic rings. The number of benzene rings is 3. The molecule has 0 fully saturated rings. The summed E-state index contributed by atoms with van der Waals surface area (Å²) in [6, 6.07) is 24.0. The predicted molar refractivity (Wildman–Crippen MR) is 151 cm³/mol. The van der Waals surface area contributed by atoms with Crippen molar-refractivity contribution in [2.45, 2.75) is 57.5 Å². The van der Waals surface area contributed by atoms with Crippen LogP contribution in [0.3, 0.4) is 0 Å². The lowest BCUT2D eigenvalue weighted by Gasteiger charge is -2.33. The highest BCUT2D eigenvalue weighted by molar-refractivity contribution is 7.92. The third-order valence-corrected chi connectivity index (χ3v) is 7.99. The van der Waals surface area contributed by atoms with Gasteiger partial charge in [-0.05, 0) is 69.0 Å². The number of amides is 2. The first-order valence-corrected chi connectivity index (χ1v) is 14.4. The van der Waals surface area contributed by atoms with Crippen LogP contribution in [0.4, 0.5) is 5.69 Å². The van der Waals surface area contributed by atoms with Gasteiger partial charge >= 0.3 is 0 Å². The maximum atomic E-state index is 13.9. The van der Waals surface area contributed by atoms with E-state index in [9.17, 15) is 18.0 Å². The smallest absolute Gasteiger partial charge is 0.264 e. The van der Waals surface area contributed by atoms with Crippen LogP contribution < -0.4 is 9.62 Å². The minimum atomic E-state index is -4.05. The lowest BCUT2D eigenvalue weighted by Crippen LogP contribution is -2.54. The number of rotatable bonds is 12. The van der Waals surface area contributed by atoms with E-state index >= 15 is 0 Å². The fraction of sp³-hybridized carbons (Fsp3) is 0.333. The highest BCUT2D eigenvalue weighted by atomic mass is 32.2. The zero-order valence-electron chi connectivity index (χ0n) is 22.5. The van der Waals surface area contributed by atoms with E-state index in [-0.39, 0.29) is 23.4 Å². The second-order valence-corrected chi connectivity index (χ2v) is 11.4. The van der Waals surface area contributed by atoms with Crippen LogP contribution in [-0.2, 0) is 26.0 Å². The van der Waals surface area contributed by atoms with E-state index in [1.165, 1.54) is 17.0 Å². The Morgan fingerprint density at radius 3 is 2.11 bits per heavy atom. The van der Waals surface area contributed by atoms with Crippen molar-refractivity contribution in [1.29, 1.82) is 0 Å². The average Bonchev–Trinajstić information content (AvgIpc) is 2.90. The molecule has 0 heterocycles. The summed E-state index contributed by atoms with van der Waals surface area (Å²) in [5.74, 6) is -0.690. The number of hydrogen-bond acceptors (Lipinski definition) is 4. The summed E-state index contributed by atoms with van der Waals surface area (Å²) in [6.07, 6.45) is 0.933. The molecule has 2 amide bonds. The molecule has 7 nitrogen and oxygen atoms in total. The molecule has 0 aliphatic carbocycles. The number of sulfonamides is 1. The van der Waals surface area contributed by atoms with Crippen LogP contribution in [0.25, 0.3) is 0 Å². The van der Waals surface area contributed by atoms with E-state index < -0.39 is 28.5 Å². The van der Waals surface area contributed by atoms with Crippen LogP contribution in [0.15, 0.2) is 89.8 Å². The van der Waals surface area contributed by atoms with Gasteiger partial charge in [0, 0.05) is 12.6 Å². The molecule has 1 N–H and O–H groups in total. The van der Waals surface area contributed by atoms with Crippen LogP contribution in [0.1, 0.15) is 38.3 Å². The van der Waals surface area contributed by atoms with Gasteiger partial charge < -0.3 is 10.2 Å². The summed E-state index contributed by atoms with van der Waals surface area (Å²) in [5.41, 5.74) is 2.29. The molecule has 3 aromatic carbocycles. The molecule has 0 bridgehead atoms. The van der Waals surface area contributed by atoms with Crippen LogP contribution in [-0.4, -0.2) is 50.3 Å². The zero-order chi connectivity index (χ0) is 27.7. The van der Waals surface area contributed by atoms with Crippen molar-refractivity contribution in [1.82, 2.24) is 10.2 Å². The van der Waals surface area contributed by atoms with Crippen molar-refractivity contribution in [2.75, 3.05) is 17.4 Å². The van der Waals surface area contributed by atoms with Gasteiger partial charge in [-0.15, -0.1) is 0 Å². The Bertz CT molecular complexity index is 1310. The van der Waals surface area contributed by atoms with E-state index in [1.54, 1.807) is 36.4 Å². The van der Waals surface area contributed by atoms with E-state index in [0.717, 1.165) is 15.4 Å². The van der Waals surface area contributed by atoms with Gasteiger partial charge in [0.2, 0.25) is 11.8 Å². The van der Waals surface area contributed by atoms with Crippen LogP contribution in [0.5, 0.6) is 0 Å². The maximum absolute atomic E-state index is 13.9. The Hall–Kier alpha value is -3.65. The van der Waals surface area contributed by atoms with Crippen LogP contribution >= 0.6 is 0 Å². The lowest BCUT2D eigenvalue weighted by molar-refractivity contribution is -0.139. The number of anilines is 1. The Morgan fingerprint density at radius 1 is 0.895 bits per heavy atom. The molecule has 8 heteroatoms. The van der Waals surface area contributed by atoms with Gasteiger partial charge in [0.05, 0.1) is 10.6 Å². The number of hydrogen-bond donors (Lipinski definition) is 1. The summed E-state index contributed by atoms with van der Waals surface area (Å²) in [5, 5.41) is 2.91. The fourth-order valence-corrected chi connectivity index (χ4v) is 5.74. The summed E-state index contributed by atoms with van der Waals surface area (Å²) in [7, 11) is -4.05. The second kappa shape index (κ2) is 13.2. The van der Waals surface area contributed by atoms with Crippen LogP contribution in [0.2, 0.25) is 0 Å². The predicted octanol–water partition coefficient (Wildman–Crippen LogP) is 4.56. The Balaban J connectivity index is 2.00. The molecule has 0 saturated heterocycles. The van der Waals surface area contributed by atoms with E-state index in [0.29, 0.717) is 18.5 Å². The number of carbonyl (C=O) groups excluding carboxylic acids is 2. The largest absolute Gasteiger partial charge is 0.352 e. The molecule has 3 rings (SSSR count). The van der Waals surface area contributed by atoms with Crippen molar-refractivity contribution in [2.24, 2.45) is 0 Å². The van der Waals surface area contributed by atoms with Crippen molar-refractivity contribution < 1.29 is 18.0 Å². The first kappa shape index (κ1) is 28.9. The van der Waals surface area contributed by atoms with Gasteiger partial charge in [0.15, 0.2) is 0 Å². The number of carbonyl (C=O) groups is 2. The number of nitrogens with one attached hydrogen (secondary N) is 1. The zero-order valence-corrected chi connectivity index (χ0v) is 23.3. The Morgan fingerprint density at radius 2 is 1.53 bits per heavy atom. The van der Waals surface area contributed by atoms with Gasteiger partial charge in [0.25, 0.3) is 10.0 Å². The standard InChI is InChI=1S/C30H37N3O4S/c1-5-28(30(35)31-23(2)3)32(20-19-25-14-8-6-9-15-25)29(34)22-33(26-16-12-13-24(4)21-26)38(36,37)27-17-10-7-11-18-27/h6-18,21,23,28H,5,19-20,22H2,1-4H3,(H,31,35)/t28-/m1/s1. The van der Waals surface area contributed by atoms with Crippen molar-refractivity contribution in [3.8, 4) is 0 Å². The quantitative estimate of drug-likeness (QED) is 0.368. The van der Waals surface area contributed by atoms with E-state index in [2.05, 4.69) is 5.32 Å². The van der Waals surface area contributed by atoms with Gasteiger partial charge in [-0.2, -0.15) is 0 Å². The number of aryl methyl sites for hydroxylation is 1. The van der Waals surface area contributed by atoms with Gasteiger partial charge in [-0.3, -0.25) is 13.9 Å².